The van der Waals surface area contributed by atoms with Crippen LogP contribution in [0.4, 0.5) is 0 Å². The number of nitrogens with one attached hydrogen (secondary N) is 1. The van der Waals surface area contributed by atoms with Gasteiger partial charge < -0.3 is 15.0 Å². The molecule has 1 heterocycles. The van der Waals surface area contributed by atoms with E-state index in [1.54, 1.807) is 0 Å². The molecule has 0 aromatic heterocycles. The Balaban J connectivity index is 2.56. The Kier molecular flexibility index (Phi) is 4.62. The van der Waals surface area contributed by atoms with Crippen LogP contribution in [0.2, 0.25) is 0 Å². The summed E-state index contributed by atoms with van der Waals surface area (Å²) in [6.45, 7) is 8.92. The Morgan fingerprint density at radius 2 is 2.29 bits per heavy atom. The summed E-state index contributed by atoms with van der Waals surface area (Å²) in [6, 6.07) is 0.442. The highest BCUT2D eigenvalue weighted by Gasteiger charge is 2.26. The highest BCUT2D eigenvalue weighted by Crippen LogP contribution is 2.14. The summed E-state index contributed by atoms with van der Waals surface area (Å²) in [5, 5.41) is 4.07. The summed E-state index contributed by atoms with van der Waals surface area (Å²) in [4.78, 5) is 2.26. The molecule has 82 valence electrons. The van der Waals surface area contributed by atoms with Gasteiger partial charge in [-0.2, -0.15) is 0 Å². The Morgan fingerprint density at radius 3 is 2.86 bits per heavy atom. The molecule has 1 fully saturated rings. The van der Waals surface area contributed by atoms with Crippen LogP contribution in [0.15, 0.2) is 0 Å². The van der Waals surface area contributed by atoms with Gasteiger partial charge in [0.15, 0.2) is 5.11 Å². The molecule has 0 bridgehead atoms. The molecular weight excluding hydrogens is 196 g/mol. The van der Waals surface area contributed by atoms with Crippen molar-refractivity contribution in [3.63, 3.8) is 0 Å². The molecular formula is C10H20N2OS. The number of thiocarbonyl (C=S) groups is 1. The maximum Gasteiger partial charge on any atom is 0.169 e. The van der Waals surface area contributed by atoms with Crippen molar-refractivity contribution in [2.24, 2.45) is 0 Å². The molecule has 1 saturated heterocycles. The fraction of sp³-hybridized carbons (Fsp3) is 0.900. The van der Waals surface area contributed by atoms with E-state index in [4.69, 9.17) is 17.0 Å². The quantitative estimate of drug-likeness (QED) is 0.705. The summed E-state index contributed by atoms with van der Waals surface area (Å²) < 4.78 is 5.61. The second-order valence-corrected chi connectivity index (χ2v) is 4.08. The van der Waals surface area contributed by atoms with E-state index in [0.717, 1.165) is 31.2 Å². The summed E-state index contributed by atoms with van der Waals surface area (Å²) in [5.74, 6) is 0. The third-order valence-corrected chi connectivity index (χ3v) is 2.91. The third-order valence-electron chi connectivity index (χ3n) is 2.53. The predicted molar refractivity (Wildman–Crippen MR) is 62.5 cm³/mol. The van der Waals surface area contributed by atoms with Crippen LogP contribution in [0.1, 0.15) is 27.2 Å². The van der Waals surface area contributed by atoms with Gasteiger partial charge in [-0.3, -0.25) is 0 Å². The van der Waals surface area contributed by atoms with Crippen LogP contribution >= 0.6 is 12.2 Å². The lowest BCUT2D eigenvalue weighted by atomic mass is 10.1. The SMILES string of the molecule is CCNC(=S)N1CC(C)OCC1CC. The lowest BCUT2D eigenvalue weighted by Crippen LogP contribution is -2.54. The largest absolute Gasteiger partial charge is 0.375 e. The van der Waals surface area contributed by atoms with E-state index < -0.39 is 0 Å². The summed E-state index contributed by atoms with van der Waals surface area (Å²) in [7, 11) is 0. The first-order valence-electron chi connectivity index (χ1n) is 5.35. The lowest BCUT2D eigenvalue weighted by molar-refractivity contribution is -0.0286. The van der Waals surface area contributed by atoms with E-state index in [-0.39, 0.29) is 6.10 Å². The molecule has 14 heavy (non-hydrogen) atoms. The summed E-state index contributed by atoms with van der Waals surface area (Å²) in [6.07, 6.45) is 1.37. The van der Waals surface area contributed by atoms with E-state index in [1.165, 1.54) is 0 Å². The van der Waals surface area contributed by atoms with Gasteiger partial charge in [0.05, 0.1) is 18.8 Å². The van der Waals surface area contributed by atoms with Gasteiger partial charge in [0.2, 0.25) is 0 Å². The molecule has 0 aromatic rings. The van der Waals surface area contributed by atoms with Crippen molar-refractivity contribution in [1.29, 1.82) is 0 Å². The molecule has 1 N–H and O–H groups in total. The molecule has 0 aromatic carbocycles. The van der Waals surface area contributed by atoms with Crippen LogP contribution in [-0.2, 0) is 4.74 Å². The molecule has 0 aliphatic carbocycles. The van der Waals surface area contributed by atoms with Crippen molar-refractivity contribution in [1.82, 2.24) is 10.2 Å². The van der Waals surface area contributed by atoms with E-state index in [9.17, 15) is 0 Å². The van der Waals surface area contributed by atoms with E-state index in [2.05, 4.69) is 31.0 Å². The van der Waals surface area contributed by atoms with Gasteiger partial charge in [0, 0.05) is 13.1 Å². The van der Waals surface area contributed by atoms with Gasteiger partial charge in [-0.1, -0.05) is 6.92 Å². The van der Waals surface area contributed by atoms with Gasteiger partial charge in [-0.05, 0) is 32.5 Å². The molecule has 4 heteroatoms. The van der Waals surface area contributed by atoms with Crippen LogP contribution in [0.25, 0.3) is 0 Å². The summed E-state index contributed by atoms with van der Waals surface area (Å²) >= 11 is 5.33. The van der Waals surface area contributed by atoms with Crippen molar-refractivity contribution >= 4 is 17.3 Å². The fourth-order valence-corrected chi connectivity index (χ4v) is 2.05. The van der Waals surface area contributed by atoms with E-state index >= 15 is 0 Å². The lowest BCUT2D eigenvalue weighted by Gasteiger charge is -2.39. The molecule has 0 amide bonds. The van der Waals surface area contributed by atoms with Crippen molar-refractivity contribution in [2.45, 2.75) is 39.3 Å². The number of hydrogen-bond donors (Lipinski definition) is 1. The number of nitrogens with zero attached hydrogens (tertiary/aromatic N) is 1. The molecule has 2 atom stereocenters. The van der Waals surface area contributed by atoms with E-state index in [0.29, 0.717) is 6.04 Å². The van der Waals surface area contributed by atoms with Crippen molar-refractivity contribution in [2.75, 3.05) is 19.7 Å². The van der Waals surface area contributed by atoms with Crippen LogP contribution in [-0.4, -0.2) is 41.9 Å². The average molecular weight is 216 g/mol. The Bertz CT molecular complexity index is 199. The topological polar surface area (TPSA) is 24.5 Å². The predicted octanol–water partition coefficient (Wildman–Crippen LogP) is 1.38. The molecule has 0 spiro atoms. The van der Waals surface area contributed by atoms with Crippen molar-refractivity contribution < 1.29 is 4.74 Å². The van der Waals surface area contributed by atoms with E-state index in [1.807, 2.05) is 0 Å². The second-order valence-electron chi connectivity index (χ2n) is 3.69. The monoisotopic (exact) mass is 216 g/mol. The maximum absolute atomic E-state index is 5.61. The third kappa shape index (κ3) is 2.82. The van der Waals surface area contributed by atoms with Gasteiger partial charge in [-0.25, -0.2) is 0 Å². The first kappa shape index (κ1) is 11.7. The Morgan fingerprint density at radius 1 is 1.57 bits per heavy atom. The van der Waals surface area contributed by atoms with Gasteiger partial charge in [-0.15, -0.1) is 0 Å². The number of ether oxygens (including phenoxy) is 1. The average Bonchev–Trinajstić information content (AvgIpc) is 2.18. The summed E-state index contributed by atoms with van der Waals surface area (Å²) in [5.41, 5.74) is 0. The van der Waals surface area contributed by atoms with Gasteiger partial charge in [0.25, 0.3) is 0 Å². The number of morpholine rings is 1. The number of rotatable bonds is 2. The zero-order valence-corrected chi connectivity index (χ0v) is 10.1. The molecule has 2 unspecified atom stereocenters. The van der Waals surface area contributed by atoms with Crippen LogP contribution in [0.5, 0.6) is 0 Å². The second kappa shape index (κ2) is 5.51. The van der Waals surface area contributed by atoms with Crippen molar-refractivity contribution in [3.05, 3.63) is 0 Å². The van der Waals surface area contributed by atoms with Crippen LogP contribution < -0.4 is 5.32 Å². The minimum absolute atomic E-state index is 0.286. The molecule has 3 nitrogen and oxygen atoms in total. The molecule has 0 saturated carbocycles. The van der Waals surface area contributed by atoms with Crippen LogP contribution in [0, 0.1) is 0 Å². The normalized spacial score (nSPS) is 27.5. The van der Waals surface area contributed by atoms with Gasteiger partial charge >= 0.3 is 0 Å². The standard InChI is InChI=1S/C10H20N2OS/c1-4-9-7-13-8(3)6-12(9)10(14)11-5-2/h8-9H,4-7H2,1-3H3,(H,11,14). The molecule has 1 aliphatic rings. The molecule has 1 aliphatic heterocycles. The van der Waals surface area contributed by atoms with Gasteiger partial charge in [0.1, 0.15) is 0 Å². The fourth-order valence-electron chi connectivity index (χ4n) is 1.68. The first-order valence-corrected chi connectivity index (χ1v) is 5.75. The molecule has 0 radical (unpaired) electrons. The minimum Gasteiger partial charge on any atom is -0.375 e. The Labute approximate surface area is 91.8 Å². The maximum atomic E-state index is 5.61. The van der Waals surface area contributed by atoms with Crippen LogP contribution in [0.3, 0.4) is 0 Å². The molecule has 1 rings (SSSR count). The minimum atomic E-state index is 0.286. The number of hydrogen-bond acceptors (Lipinski definition) is 2. The van der Waals surface area contributed by atoms with Crippen molar-refractivity contribution in [3.8, 4) is 0 Å². The smallest absolute Gasteiger partial charge is 0.169 e. The zero-order chi connectivity index (χ0) is 10.6. The first-order chi connectivity index (χ1) is 6.69. The zero-order valence-electron chi connectivity index (χ0n) is 9.25. The highest BCUT2D eigenvalue weighted by atomic mass is 32.1. The highest BCUT2D eigenvalue weighted by molar-refractivity contribution is 7.80. The Hall–Kier alpha value is -0.350.